The summed E-state index contributed by atoms with van der Waals surface area (Å²) in [5, 5.41) is 3.28. The number of piperidine rings is 1. The number of sulfonamides is 1. The monoisotopic (exact) mass is 368 g/mol. The molecule has 108 valence electrons. The molecular weight excluding hydrogens is 352 g/mol. The van der Waals surface area contributed by atoms with E-state index in [2.05, 4.69) is 26.0 Å². The quantitative estimate of drug-likeness (QED) is 0.859. The van der Waals surface area contributed by atoms with Crippen molar-refractivity contribution in [3.63, 3.8) is 0 Å². The molecule has 2 atom stereocenters. The molecule has 0 amide bonds. The fourth-order valence-corrected chi connectivity index (χ4v) is 4.05. The maximum Gasteiger partial charge on any atom is 0.240 e. The zero-order valence-corrected chi connectivity index (χ0v) is 13.8. The number of nitrogens with one attached hydrogen (secondary N) is 2. The van der Waals surface area contributed by atoms with Gasteiger partial charge in [0.05, 0.1) is 4.90 Å². The first kappa shape index (κ1) is 16.9. The molecule has 0 aliphatic carbocycles. The summed E-state index contributed by atoms with van der Waals surface area (Å²) in [5.41, 5.74) is 0. The summed E-state index contributed by atoms with van der Waals surface area (Å²) in [5.74, 6) is 0. The molecule has 0 spiro atoms. The van der Waals surface area contributed by atoms with Crippen molar-refractivity contribution in [2.75, 3.05) is 6.54 Å². The fourth-order valence-electron chi connectivity index (χ4n) is 2.11. The van der Waals surface area contributed by atoms with Gasteiger partial charge in [-0.25, -0.2) is 13.1 Å². The van der Waals surface area contributed by atoms with Gasteiger partial charge in [0.2, 0.25) is 10.0 Å². The van der Waals surface area contributed by atoms with E-state index in [0.717, 1.165) is 23.9 Å². The van der Waals surface area contributed by atoms with Gasteiger partial charge in [-0.3, -0.25) is 0 Å². The van der Waals surface area contributed by atoms with E-state index in [1.807, 2.05) is 13.0 Å². The summed E-state index contributed by atoms with van der Waals surface area (Å²) >= 11 is 3.29. The van der Waals surface area contributed by atoms with E-state index in [-0.39, 0.29) is 24.5 Å². The first-order chi connectivity index (χ1) is 8.49. The van der Waals surface area contributed by atoms with Crippen molar-refractivity contribution in [2.24, 2.45) is 0 Å². The first-order valence-electron chi connectivity index (χ1n) is 6.00. The van der Waals surface area contributed by atoms with Gasteiger partial charge in [0.1, 0.15) is 0 Å². The van der Waals surface area contributed by atoms with E-state index in [0.29, 0.717) is 4.90 Å². The summed E-state index contributed by atoms with van der Waals surface area (Å²) in [6.07, 6.45) is 1.87. The van der Waals surface area contributed by atoms with Crippen molar-refractivity contribution >= 4 is 38.4 Å². The molecule has 1 heterocycles. The van der Waals surface area contributed by atoms with Crippen molar-refractivity contribution < 1.29 is 8.42 Å². The maximum atomic E-state index is 12.2. The number of hydrogen-bond donors (Lipinski definition) is 2. The molecule has 0 radical (unpaired) electrons. The second-order valence-electron chi connectivity index (χ2n) is 4.57. The largest absolute Gasteiger partial charge is 0.313 e. The van der Waals surface area contributed by atoms with Gasteiger partial charge in [0, 0.05) is 16.6 Å². The fraction of sp³-hybridized carbons (Fsp3) is 0.500. The lowest BCUT2D eigenvalue weighted by atomic mass is 10.0. The van der Waals surface area contributed by atoms with Crippen LogP contribution in [0, 0.1) is 0 Å². The molecule has 0 aromatic heterocycles. The Morgan fingerprint density at radius 3 is 2.79 bits per heavy atom. The highest BCUT2D eigenvalue weighted by Crippen LogP contribution is 2.18. The predicted octanol–water partition coefficient (Wildman–Crippen LogP) is 2.29. The smallest absolute Gasteiger partial charge is 0.240 e. The van der Waals surface area contributed by atoms with E-state index in [9.17, 15) is 8.42 Å². The lowest BCUT2D eigenvalue weighted by molar-refractivity contribution is 0.349. The third kappa shape index (κ3) is 4.43. The Hall–Kier alpha value is -0.140. The molecule has 4 nitrogen and oxygen atoms in total. The second kappa shape index (κ2) is 7.04. The van der Waals surface area contributed by atoms with Crippen LogP contribution in [0.15, 0.2) is 33.6 Å². The molecule has 0 bridgehead atoms. The van der Waals surface area contributed by atoms with Crippen LogP contribution in [0.1, 0.15) is 19.8 Å². The van der Waals surface area contributed by atoms with Crippen LogP contribution in [0.4, 0.5) is 0 Å². The standard InChI is InChI=1S/C12H17BrN2O2S.ClH/c1-9-12(6-3-7-14-9)15-18(16,17)11-5-2-4-10(13)8-11;/h2,4-5,8-9,12,14-15H,3,6-7H2,1H3;1H. The van der Waals surface area contributed by atoms with Gasteiger partial charge in [-0.1, -0.05) is 22.0 Å². The summed E-state index contributed by atoms with van der Waals surface area (Å²) in [6, 6.07) is 6.88. The Kier molecular flexibility index (Phi) is 6.26. The molecule has 2 rings (SSSR count). The van der Waals surface area contributed by atoms with Gasteiger partial charge < -0.3 is 5.32 Å². The summed E-state index contributed by atoms with van der Waals surface area (Å²) in [4.78, 5) is 0.301. The zero-order chi connectivity index (χ0) is 13.2. The normalized spacial score (nSPS) is 23.7. The molecule has 2 N–H and O–H groups in total. The molecule has 1 aromatic carbocycles. The molecule has 1 aliphatic heterocycles. The molecule has 1 fully saturated rings. The highest BCUT2D eigenvalue weighted by molar-refractivity contribution is 9.10. The van der Waals surface area contributed by atoms with Gasteiger partial charge in [0.15, 0.2) is 0 Å². The molecule has 19 heavy (non-hydrogen) atoms. The van der Waals surface area contributed by atoms with Crippen LogP contribution in [0.3, 0.4) is 0 Å². The molecule has 7 heteroatoms. The number of benzene rings is 1. The Morgan fingerprint density at radius 1 is 1.42 bits per heavy atom. The number of halogens is 2. The van der Waals surface area contributed by atoms with E-state index in [1.165, 1.54) is 0 Å². The Bertz CT molecular complexity index is 524. The lowest BCUT2D eigenvalue weighted by Crippen LogP contribution is -2.51. The SMILES string of the molecule is CC1NCCCC1NS(=O)(=O)c1cccc(Br)c1.Cl. The van der Waals surface area contributed by atoms with Crippen molar-refractivity contribution in [2.45, 2.75) is 36.7 Å². The van der Waals surface area contributed by atoms with Crippen molar-refractivity contribution in [1.82, 2.24) is 10.0 Å². The highest BCUT2D eigenvalue weighted by atomic mass is 79.9. The average Bonchev–Trinajstić information content (AvgIpc) is 2.32. The third-order valence-corrected chi connectivity index (χ3v) is 5.16. The van der Waals surface area contributed by atoms with Crippen LogP contribution in [0.2, 0.25) is 0 Å². The molecule has 1 aliphatic rings. The topological polar surface area (TPSA) is 58.2 Å². The number of hydrogen-bond acceptors (Lipinski definition) is 3. The van der Waals surface area contributed by atoms with E-state index in [4.69, 9.17) is 0 Å². The van der Waals surface area contributed by atoms with Gasteiger partial charge >= 0.3 is 0 Å². The average molecular weight is 370 g/mol. The second-order valence-corrected chi connectivity index (χ2v) is 7.20. The van der Waals surface area contributed by atoms with Crippen LogP contribution in [-0.4, -0.2) is 27.0 Å². The maximum absolute atomic E-state index is 12.2. The Morgan fingerprint density at radius 2 is 2.16 bits per heavy atom. The first-order valence-corrected chi connectivity index (χ1v) is 8.28. The zero-order valence-electron chi connectivity index (χ0n) is 10.6. The number of rotatable bonds is 3. The summed E-state index contributed by atoms with van der Waals surface area (Å²) in [7, 11) is -3.44. The minimum absolute atomic E-state index is 0. The Balaban J connectivity index is 0.00000180. The van der Waals surface area contributed by atoms with Crippen molar-refractivity contribution in [3.05, 3.63) is 28.7 Å². The minimum atomic E-state index is -3.44. The van der Waals surface area contributed by atoms with E-state index < -0.39 is 10.0 Å². The van der Waals surface area contributed by atoms with Gasteiger partial charge in [-0.05, 0) is 44.5 Å². The Labute approximate surface area is 128 Å². The minimum Gasteiger partial charge on any atom is -0.313 e. The van der Waals surface area contributed by atoms with Crippen molar-refractivity contribution in [1.29, 1.82) is 0 Å². The van der Waals surface area contributed by atoms with Crippen LogP contribution in [0.25, 0.3) is 0 Å². The van der Waals surface area contributed by atoms with Crippen molar-refractivity contribution in [3.8, 4) is 0 Å². The van der Waals surface area contributed by atoms with E-state index in [1.54, 1.807) is 18.2 Å². The van der Waals surface area contributed by atoms with Gasteiger partial charge in [0.25, 0.3) is 0 Å². The summed E-state index contributed by atoms with van der Waals surface area (Å²) < 4.78 is 28.0. The molecular formula is C12H18BrClN2O2S. The van der Waals surface area contributed by atoms with Crippen LogP contribution in [0.5, 0.6) is 0 Å². The molecule has 1 saturated heterocycles. The molecule has 0 saturated carbocycles. The van der Waals surface area contributed by atoms with Crippen LogP contribution in [-0.2, 0) is 10.0 Å². The van der Waals surface area contributed by atoms with Crippen LogP contribution >= 0.6 is 28.3 Å². The van der Waals surface area contributed by atoms with Crippen LogP contribution < -0.4 is 10.0 Å². The predicted molar refractivity (Wildman–Crippen MR) is 82.2 cm³/mol. The lowest BCUT2D eigenvalue weighted by Gasteiger charge is -2.30. The third-order valence-electron chi connectivity index (χ3n) is 3.17. The highest BCUT2D eigenvalue weighted by Gasteiger charge is 2.26. The molecule has 1 aromatic rings. The van der Waals surface area contributed by atoms with Gasteiger partial charge in [-0.15, -0.1) is 12.4 Å². The molecule has 2 unspecified atom stereocenters. The summed E-state index contributed by atoms with van der Waals surface area (Å²) in [6.45, 7) is 2.96. The van der Waals surface area contributed by atoms with Gasteiger partial charge in [-0.2, -0.15) is 0 Å². The van der Waals surface area contributed by atoms with E-state index >= 15 is 0 Å².